The van der Waals surface area contributed by atoms with Crippen LogP contribution in [0.25, 0.3) is 11.3 Å². The smallest absolute Gasteiger partial charge is 0.374 e. The average molecular weight is 484 g/mol. The van der Waals surface area contributed by atoms with Gasteiger partial charge >= 0.3 is 6.18 Å². The Labute approximate surface area is 201 Å². The van der Waals surface area contributed by atoms with Crippen molar-refractivity contribution < 1.29 is 22.3 Å². The number of rotatable bonds is 6. The predicted molar refractivity (Wildman–Crippen MR) is 124 cm³/mol. The first-order valence-corrected chi connectivity index (χ1v) is 11.3. The number of benzene rings is 2. The SMILES string of the molecule is CN1CCC(COCc2cc(C(F)(F)F)cc(-c3ccc(C#N)cc3)n2)(c2ccc(F)cc2)CC1. The van der Waals surface area contributed by atoms with Gasteiger partial charge < -0.3 is 9.64 Å². The molecule has 1 aliphatic rings. The summed E-state index contributed by atoms with van der Waals surface area (Å²) in [6.45, 7) is 1.87. The summed E-state index contributed by atoms with van der Waals surface area (Å²) >= 11 is 0. The fraction of sp³-hybridized carbons (Fsp3) is 0.333. The average Bonchev–Trinajstić information content (AvgIpc) is 2.85. The van der Waals surface area contributed by atoms with E-state index in [2.05, 4.69) is 9.88 Å². The molecule has 8 heteroatoms. The van der Waals surface area contributed by atoms with Crippen LogP contribution in [-0.4, -0.2) is 36.6 Å². The van der Waals surface area contributed by atoms with E-state index in [0.29, 0.717) is 11.1 Å². The van der Waals surface area contributed by atoms with Crippen molar-refractivity contribution in [3.05, 3.63) is 88.9 Å². The number of nitriles is 1. The molecule has 1 saturated heterocycles. The molecule has 2 aromatic carbocycles. The molecule has 1 aliphatic heterocycles. The minimum absolute atomic E-state index is 0.0913. The zero-order chi connectivity index (χ0) is 25.1. The lowest BCUT2D eigenvalue weighted by Crippen LogP contribution is -2.43. The maximum absolute atomic E-state index is 13.6. The Morgan fingerprint density at radius 3 is 2.29 bits per heavy atom. The van der Waals surface area contributed by atoms with E-state index in [1.807, 2.05) is 13.1 Å². The fourth-order valence-electron chi connectivity index (χ4n) is 4.41. The highest BCUT2D eigenvalue weighted by molar-refractivity contribution is 5.61. The summed E-state index contributed by atoms with van der Waals surface area (Å²) in [4.78, 5) is 6.62. The maximum atomic E-state index is 13.6. The lowest BCUT2D eigenvalue weighted by molar-refractivity contribution is -0.137. The molecule has 4 rings (SSSR count). The monoisotopic (exact) mass is 483 g/mol. The largest absolute Gasteiger partial charge is 0.416 e. The third-order valence-electron chi connectivity index (χ3n) is 6.54. The molecule has 1 aromatic heterocycles. The van der Waals surface area contributed by atoms with Gasteiger partial charge in [0.05, 0.1) is 41.8 Å². The van der Waals surface area contributed by atoms with Crippen LogP contribution in [0.15, 0.2) is 60.7 Å². The van der Waals surface area contributed by atoms with Crippen molar-refractivity contribution in [1.29, 1.82) is 5.26 Å². The van der Waals surface area contributed by atoms with Crippen molar-refractivity contribution in [2.75, 3.05) is 26.7 Å². The molecule has 0 bridgehead atoms. The number of pyridine rings is 1. The fourth-order valence-corrected chi connectivity index (χ4v) is 4.41. The van der Waals surface area contributed by atoms with Crippen LogP contribution in [0.1, 0.15) is 35.2 Å². The van der Waals surface area contributed by atoms with E-state index < -0.39 is 11.7 Å². The van der Waals surface area contributed by atoms with Crippen LogP contribution in [0.3, 0.4) is 0 Å². The Morgan fingerprint density at radius 1 is 1.03 bits per heavy atom. The summed E-state index contributed by atoms with van der Waals surface area (Å²) in [5, 5.41) is 8.98. The van der Waals surface area contributed by atoms with E-state index in [1.54, 1.807) is 36.4 Å². The van der Waals surface area contributed by atoms with E-state index in [0.717, 1.165) is 43.6 Å². The van der Waals surface area contributed by atoms with E-state index in [1.165, 1.54) is 12.1 Å². The molecular weight excluding hydrogens is 458 g/mol. The summed E-state index contributed by atoms with van der Waals surface area (Å²) in [5.74, 6) is -0.318. The van der Waals surface area contributed by atoms with Gasteiger partial charge in [-0.05, 0) is 74.9 Å². The van der Waals surface area contributed by atoms with Crippen LogP contribution < -0.4 is 0 Å². The molecule has 1 fully saturated rings. The van der Waals surface area contributed by atoms with Gasteiger partial charge in [0, 0.05) is 11.0 Å². The minimum atomic E-state index is -4.54. The maximum Gasteiger partial charge on any atom is 0.416 e. The number of hydrogen-bond acceptors (Lipinski definition) is 4. The molecule has 0 atom stereocenters. The first kappa shape index (κ1) is 24.8. The Kier molecular flexibility index (Phi) is 7.20. The van der Waals surface area contributed by atoms with Gasteiger partial charge in [-0.2, -0.15) is 18.4 Å². The lowest BCUT2D eigenvalue weighted by Gasteiger charge is -2.41. The van der Waals surface area contributed by atoms with Crippen LogP contribution in [-0.2, 0) is 22.9 Å². The summed E-state index contributed by atoms with van der Waals surface area (Å²) in [6, 6.07) is 16.6. The van der Waals surface area contributed by atoms with Gasteiger partial charge in [0.2, 0.25) is 0 Å². The molecule has 0 saturated carbocycles. The number of halogens is 4. The van der Waals surface area contributed by atoms with E-state index >= 15 is 0 Å². The highest BCUT2D eigenvalue weighted by atomic mass is 19.4. The number of hydrogen-bond donors (Lipinski definition) is 0. The van der Waals surface area contributed by atoms with Crippen LogP contribution in [0.5, 0.6) is 0 Å². The number of alkyl halides is 3. The zero-order valence-corrected chi connectivity index (χ0v) is 19.3. The third kappa shape index (κ3) is 5.87. The number of nitrogens with zero attached hydrogens (tertiary/aromatic N) is 3. The highest BCUT2D eigenvalue weighted by Crippen LogP contribution is 2.37. The van der Waals surface area contributed by atoms with Gasteiger partial charge in [0.25, 0.3) is 0 Å². The highest BCUT2D eigenvalue weighted by Gasteiger charge is 2.36. The Balaban J connectivity index is 1.57. The second-order valence-corrected chi connectivity index (χ2v) is 9.00. The first-order chi connectivity index (χ1) is 16.7. The standard InChI is InChI=1S/C27H25F4N3O/c1-34-12-10-26(11-13-34,21-6-8-23(28)9-7-21)18-35-17-24-14-22(27(29,30)31)15-25(33-24)20-4-2-19(16-32)3-5-20/h2-9,14-15H,10-13,17-18H2,1H3. The second-order valence-electron chi connectivity index (χ2n) is 9.00. The topological polar surface area (TPSA) is 49.1 Å². The first-order valence-electron chi connectivity index (χ1n) is 11.3. The van der Waals surface area contributed by atoms with Crippen molar-refractivity contribution in [2.45, 2.75) is 31.0 Å². The van der Waals surface area contributed by atoms with Gasteiger partial charge in [-0.3, -0.25) is 4.98 Å². The van der Waals surface area contributed by atoms with Crippen molar-refractivity contribution in [3.8, 4) is 17.3 Å². The second kappa shape index (κ2) is 10.1. The number of ether oxygens (including phenoxy) is 1. The third-order valence-corrected chi connectivity index (χ3v) is 6.54. The van der Waals surface area contributed by atoms with Crippen molar-refractivity contribution in [2.24, 2.45) is 0 Å². The van der Waals surface area contributed by atoms with Gasteiger partial charge in [-0.25, -0.2) is 4.39 Å². The zero-order valence-electron chi connectivity index (χ0n) is 19.3. The number of aromatic nitrogens is 1. The quantitative estimate of drug-likeness (QED) is 0.406. The summed E-state index contributed by atoms with van der Waals surface area (Å²) in [6.07, 6.45) is -2.95. The summed E-state index contributed by atoms with van der Waals surface area (Å²) in [7, 11) is 2.03. The Bertz CT molecular complexity index is 1190. The van der Waals surface area contributed by atoms with Gasteiger partial charge in [0.1, 0.15) is 5.82 Å². The normalized spacial score (nSPS) is 16.1. The summed E-state index contributed by atoms with van der Waals surface area (Å²) < 4.78 is 60.3. The molecule has 0 radical (unpaired) electrons. The molecule has 0 amide bonds. The molecule has 3 aromatic rings. The van der Waals surface area contributed by atoms with Crippen molar-refractivity contribution >= 4 is 0 Å². The van der Waals surface area contributed by atoms with E-state index in [9.17, 15) is 17.6 Å². The van der Waals surface area contributed by atoms with Gasteiger partial charge in [0.15, 0.2) is 0 Å². The Morgan fingerprint density at radius 2 is 1.69 bits per heavy atom. The summed E-state index contributed by atoms with van der Waals surface area (Å²) in [5.41, 5.74) is 1.03. The van der Waals surface area contributed by atoms with E-state index in [4.69, 9.17) is 10.00 Å². The molecule has 182 valence electrons. The number of piperidine rings is 1. The Hall–Kier alpha value is -3.28. The molecule has 0 unspecified atom stereocenters. The molecule has 0 N–H and O–H groups in total. The molecule has 2 heterocycles. The van der Waals surface area contributed by atoms with Gasteiger partial charge in [-0.15, -0.1) is 0 Å². The van der Waals surface area contributed by atoms with Gasteiger partial charge in [-0.1, -0.05) is 24.3 Å². The molecule has 35 heavy (non-hydrogen) atoms. The lowest BCUT2D eigenvalue weighted by atomic mass is 9.73. The molecule has 0 aliphatic carbocycles. The molecule has 4 nitrogen and oxygen atoms in total. The predicted octanol–water partition coefficient (Wildman–Crippen LogP) is 5.96. The molecular formula is C27H25F4N3O. The number of likely N-dealkylation sites (tertiary alicyclic amines) is 1. The van der Waals surface area contributed by atoms with Crippen LogP contribution in [0, 0.1) is 17.1 Å². The van der Waals surface area contributed by atoms with Crippen molar-refractivity contribution in [3.63, 3.8) is 0 Å². The van der Waals surface area contributed by atoms with Crippen LogP contribution in [0.2, 0.25) is 0 Å². The van der Waals surface area contributed by atoms with E-state index in [-0.39, 0.29) is 35.8 Å². The van der Waals surface area contributed by atoms with Crippen LogP contribution in [0.4, 0.5) is 17.6 Å². The minimum Gasteiger partial charge on any atom is -0.374 e. The molecule has 0 spiro atoms. The van der Waals surface area contributed by atoms with Crippen LogP contribution >= 0.6 is 0 Å². The van der Waals surface area contributed by atoms with Crippen molar-refractivity contribution in [1.82, 2.24) is 9.88 Å².